The highest BCUT2D eigenvalue weighted by molar-refractivity contribution is 6.05. The van der Waals surface area contributed by atoms with Crippen LogP contribution < -0.4 is 0 Å². The molecule has 0 aromatic heterocycles. The van der Waals surface area contributed by atoms with Crippen molar-refractivity contribution in [3.05, 3.63) is 36.1 Å². The Bertz CT molecular complexity index is 1100. The number of ketones is 2. The van der Waals surface area contributed by atoms with Gasteiger partial charge < -0.3 is 9.47 Å². The minimum absolute atomic E-state index is 0.0257. The molecule has 0 N–H and O–H groups in total. The Hall–Kier alpha value is -2.50. The van der Waals surface area contributed by atoms with Crippen LogP contribution in [0, 0.1) is 46.3 Å². The van der Waals surface area contributed by atoms with Crippen LogP contribution >= 0.6 is 0 Å². The van der Waals surface area contributed by atoms with E-state index in [-0.39, 0.29) is 41.0 Å². The summed E-state index contributed by atoms with van der Waals surface area (Å²) in [6.45, 7) is 16.2. The molecule has 1 saturated heterocycles. The minimum Gasteiger partial charge on any atom is -0.457 e. The van der Waals surface area contributed by atoms with Crippen molar-refractivity contribution in [1.29, 1.82) is 0 Å². The van der Waals surface area contributed by atoms with Crippen LogP contribution in [-0.4, -0.2) is 29.6 Å². The molecule has 1 heterocycles. The van der Waals surface area contributed by atoms with Crippen LogP contribution in [0.3, 0.4) is 0 Å². The van der Waals surface area contributed by atoms with Gasteiger partial charge in [-0.05, 0) is 81.1 Å². The lowest BCUT2D eigenvalue weighted by Gasteiger charge is -2.36. The Kier molecular flexibility index (Phi) is 5.96. The summed E-state index contributed by atoms with van der Waals surface area (Å²) in [5.74, 6) is -0.689. The van der Waals surface area contributed by atoms with Crippen LogP contribution in [0.1, 0.15) is 72.6 Å². The van der Waals surface area contributed by atoms with Gasteiger partial charge in [-0.25, -0.2) is 9.59 Å². The molecular weight excluding hydrogens is 456 g/mol. The first-order chi connectivity index (χ1) is 16.9. The number of Topliss-reactive ketones (excluding diaryl/α,β-unsaturated/α-hetero) is 2. The molecular formula is C30H38O6. The van der Waals surface area contributed by atoms with E-state index >= 15 is 0 Å². The summed E-state index contributed by atoms with van der Waals surface area (Å²) in [6, 6.07) is 0. The lowest BCUT2D eigenvalue weighted by Crippen LogP contribution is -2.45. The van der Waals surface area contributed by atoms with Gasteiger partial charge in [-0.3, -0.25) is 9.59 Å². The van der Waals surface area contributed by atoms with Crippen molar-refractivity contribution in [3.63, 3.8) is 0 Å². The van der Waals surface area contributed by atoms with E-state index in [0.29, 0.717) is 35.8 Å². The van der Waals surface area contributed by atoms with Gasteiger partial charge in [0.05, 0.1) is 5.41 Å². The number of rotatable bonds is 3. The molecule has 4 aliphatic carbocycles. The van der Waals surface area contributed by atoms with E-state index in [1.807, 2.05) is 13.8 Å². The van der Waals surface area contributed by atoms with E-state index in [0.717, 1.165) is 32.1 Å². The molecule has 4 fully saturated rings. The molecule has 0 radical (unpaired) electrons. The van der Waals surface area contributed by atoms with E-state index in [2.05, 4.69) is 27.0 Å². The minimum atomic E-state index is -0.999. The van der Waals surface area contributed by atoms with Gasteiger partial charge in [0.15, 0.2) is 5.76 Å². The summed E-state index contributed by atoms with van der Waals surface area (Å²) >= 11 is 0. The molecule has 0 bridgehead atoms. The molecule has 1 aliphatic heterocycles. The fourth-order valence-electron chi connectivity index (χ4n) is 8.26. The number of hydrogen-bond donors (Lipinski definition) is 0. The van der Waals surface area contributed by atoms with Crippen LogP contribution in [0.4, 0.5) is 0 Å². The van der Waals surface area contributed by atoms with Gasteiger partial charge in [0.1, 0.15) is 11.9 Å². The number of hydrogen-bond acceptors (Lipinski definition) is 6. The lowest BCUT2D eigenvalue weighted by atomic mass is 9.68. The van der Waals surface area contributed by atoms with E-state index in [9.17, 15) is 19.2 Å². The smallest absolute Gasteiger partial charge is 0.339 e. The fourth-order valence-corrected chi connectivity index (χ4v) is 8.26. The number of esters is 2. The monoisotopic (exact) mass is 494 g/mol. The van der Waals surface area contributed by atoms with Crippen molar-refractivity contribution in [1.82, 2.24) is 0 Å². The molecule has 9 atom stereocenters. The third kappa shape index (κ3) is 3.50. The van der Waals surface area contributed by atoms with Crippen LogP contribution in [0.25, 0.3) is 0 Å². The molecule has 9 unspecified atom stereocenters. The second-order valence-corrected chi connectivity index (χ2v) is 12.5. The van der Waals surface area contributed by atoms with E-state index in [1.165, 1.54) is 0 Å². The normalized spacial score (nSPS) is 44.1. The fraction of sp³-hybridized carbons (Fsp3) is 0.667. The van der Waals surface area contributed by atoms with Gasteiger partial charge >= 0.3 is 11.9 Å². The van der Waals surface area contributed by atoms with E-state index in [1.54, 1.807) is 6.08 Å². The third-order valence-corrected chi connectivity index (χ3v) is 10.6. The molecule has 194 valence electrons. The Balaban J connectivity index is 1.36. The van der Waals surface area contributed by atoms with Crippen molar-refractivity contribution in [2.75, 3.05) is 0 Å². The number of allylic oxidation sites excluding steroid dienone is 2. The molecule has 5 rings (SSSR count). The van der Waals surface area contributed by atoms with Gasteiger partial charge in [-0.2, -0.15) is 0 Å². The molecule has 0 aromatic rings. The van der Waals surface area contributed by atoms with Crippen molar-refractivity contribution >= 4 is 23.5 Å². The first-order valence-electron chi connectivity index (χ1n) is 13.5. The standard InChI is InChI=1S/C30H38O6/c1-15-7-9-19(14-29(5)21(15)11-12-24(29)31)17(3)27(33)35-23-13-22-16(2)8-10-20-18(4)28(34)36-26(20)30(22,6)25(23)32/h13,15-16,19-22,26H,3-4,7-12,14H2,1-2,5-6H3. The van der Waals surface area contributed by atoms with Crippen LogP contribution in [0.5, 0.6) is 0 Å². The third-order valence-electron chi connectivity index (χ3n) is 10.6. The molecule has 5 aliphatic rings. The molecule has 3 saturated carbocycles. The molecule has 0 amide bonds. The molecule has 36 heavy (non-hydrogen) atoms. The molecule has 0 spiro atoms. The summed E-state index contributed by atoms with van der Waals surface area (Å²) in [7, 11) is 0. The topological polar surface area (TPSA) is 86.7 Å². The maximum absolute atomic E-state index is 13.8. The summed E-state index contributed by atoms with van der Waals surface area (Å²) in [5, 5.41) is 0. The van der Waals surface area contributed by atoms with Crippen LogP contribution in [0.15, 0.2) is 36.1 Å². The van der Waals surface area contributed by atoms with Gasteiger partial charge in [0.25, 0.3) is 0 Å². The van der Waals surface area contributed by atoms with E-state index in [4.69, 9.17) is 9.47 Å². The average molecular weight is 495 g/mol. The number of fused-ring (bicyclic) bond motifs is 4. The van der Waals surface area contributed by atoms with Crippen molar-refractivity contribution < 1.29 is 28.7 Å². The van der Waals surface area contributed by atoms with Gasteiger partial charge in [-0.1, -0.05) is 33.9 Å². The molecule has 0 aromatic carbocycles. The van der Waals surface area contributed by atoms with E-state index < -0.39 is 28.9 Å². The molecule has 6 heteroatoms. The highest BCUT2D eigenvalue weighted by Crippen LogP contribution is 2.56. The second-order valence-electron chi connectivity index (χ2n) is 12.5. The van der Waals surface area contributed by atoms with Crippen molar-refractivity contribution in [3.8, 4) is 0 Å². The highest BCUT2D eigenvalue weighted by Gasteiger charge is 2.62. The first kappa shape index (κ1) is 25.2. The van der Waals surface area contributed by atoms with Crippen molar-refractivity contribution in [2.24, 2.45) is 46.3 Å². The summed E-state index contributed by atoms with van der Waals surface area (Å²) in [6.07, 6.45) is 6.56. The zero-order valence-electron chi connectivity index (χ0n) is 21.9. The Morgan fingerprint density at radius 3 is 2.47 bits per heavy atom. The maximum Gasteiger partial charge on any atom is 0.339 e. The summed E-state index contributed by atoms with van der Waals surface area (Å²) in [4.78, 5) is 52.2. The number of ether oxygens (including phenoxy) is 2. The zero-order chi connectivity index (χ0) is 26.2. The predicted molar refractivity (Wildman–Crippen MR) is 133 cm³/mol. The van der Waals surface area contributed by atoms with Crippen molar-refractivity contribution in [2.45, 2.75) is 78.7 Å². The molecule has 6 nitrogen and oxygen atoms in total. The summed E-state index contributed by atoms with van der Waals surface area (Å²) in [5.41, 5.74) is -0.675. The Morgan fingerprint density at radius 2 is 1.75 bits per heavy atom. The van der Waals surface area contributed by atoms with Crippen LogP contribution in [0.2, 0.25) is 0 Å². The second kappa shape index (κ2) is 8.53. The highest BCUT2D eigenvalue weighted by atomic mass is 16.6. The lowest BCUT2D eigenvalue weighted by molar-refractivity contribution is -0.153. The van der Waals surface area contributed by atoms with Gasteiger partial charge in [0.2, 0.25) is 5.78 Å². The summed E-state index contributed by atoms with van der Waals surface area (Å²) < 4.78 is 11.4. The Morgan fingerprint density at radius 1 is 1.06 bits per heavy atom. The zero-order valence-corrected chi connectivity index (χ0v) is 21.9. The number of carbonyl (C=O) groups excluding carboxylic acids is 4. The average Bonchev–Trinajstić information content (AvgIpc) is 3.32. The van der Waals surface area contributed by atoms with Crippen LogP contribution in [-0.2, 0) is 28.7 Å². The first-order valence-corrected chi connectivity index (χ1v) is 13.5. The van der Waals surface area contributed by atoms with Gasteiger partial charge in [-0.15, -0.1) is 0 Å². The Labute approximate surface area is 213 Å². The van der Waals surface area contributed by atoms with Gasteiger partial charge in [0, 0.05) is 28.9 Å². The maximum atomic E-state index is 13.8. The predicted octanol–water partition coefficient (Wildman–Crippen LogP) is 5.12. The number of carbonyl (C=O) groups is 4. The quantitative estimate of drug-likeness (QED) is 0.400. The largest absolute Gasteiger partial charge is 0.457 e. The SMILES string of the molecule is C=C(C(=O)OC1=CC2C(C)CCC3C(=C)C(=O)OC3C2(C)C1=O)C1CCC(C)C2CCC(=O)C2(C)C1.